The van der Waals surface area contributed by atoms with Gasteiger partial charge >= 0.3 is 0 Å². The van der Waals surface area contributed by atoms with E-state index in [1.807, 2.05) is 12.3 Å². The smallest absolute Gasteiger partial charge is 0.149 e. The Bertz CT molecular complexity index is 2150. The van der Waals surface area contributed by atoms with Crippen LogP contribution in [0.2, 0.25) is 0 Å². The van der Waals surface area contributed by atoms with Gasteiger partial charge in [0, 0.05) is 16.5 Å². The molecule has 0 aliphatic heterocycles. The fourth-order valence-corrected chi connectivity index (χ4v) is 5.98. The van der Waals surface area contributed by atoms with Crippen LogP contribution in [0.4, 0.5) is 0 Å². The number of rotatable bonds is 4. The Hall–Kier alpha value is -5.41. The summed E-state index contributed by atoms with van der Waals surface area (Å²) < 4.78 is 8.54. The van der Waals surface area contributed by atoms with E-state index in [2.05, 4.69) is 139 Å². The lowest BCUT2D eigenvalue weighted by Crippen LogP contribution is -2.03. The fraction of sp³-hybridized carbons (Fsp3) is 0.0263. The number of nitrogens with zero attached hydrogens (tertiary/aromatic N) is 2. The van der Waals surface area contributed by atoms with Gasteiger partial charge in [0.1, 0.15) is 17.7 Å². The number of hydrogen-bond acceptors (Lipinski definition) is 2. The van der Waals surface area contributed by atoms with Gasteiger partial charge in [0.2, 0.25) is 0 Å². The summed E-state index contributed by atoms with van der Waals surface area (Å²) in [6.07, 6.45) is 1.86. The maximum Gasteiger partial charge on any atom is 0.149 e. The lowest BCUT2D eigenvalue weighted by Gasteiger charge is -2.19. The van der Waals surface area contributed by atoms with Crippen LogP contribution in [0.25, 0.3) is 72.1 Å². The minimum atomic E-state index is 0.858. The van der Waals surface area contributed by atoms with Crippen molar-refractivity contribution < 1.29 is 4.42 Å². The molecule has 8 rings (SSSR count). The molecule has 6 aromatic carbocycles. The van der Waals surface area contributed by atoms with Crippen molar-refractivity contribution in [1.82, 2.24) is 9.55 Å². The van der Waals surface area contributed by atoms with Crippen LogP contribution >= 0.6 is 0 Å². The minimum absolute atomic E-state index is 0.858. The van der Waals surface area contributed by atoms with E-state index in [4.69, 9.17) is 9.40 Å². The largest absolute Gasteiger partial charge is 0.464 e. The summed E-state index contributed by atoms with van der Waals surface area (Å²) in [7, 11) is 0. The van der Waals surface area contributed by atoms with E-state index >= 15 is 0 Å². The average molecular weight is 527 g/mol. The van der Waals surface area contributed by atoms with E-state index in [0.717, 1.165) is 61.3 Å². The first-order valence-electron chi connectivity index (χ1n) is 13.9. The van der Waals surface area contributed by atoms with Gasteiger partial charge in [0.15, 0.2) is 0 Å². The van der Waals surface area contributed by atoms with Crippen molar-refractivity contribution in [3.63, 3.8) is 0 Å². The highest BCUT2D eigenvalue weighted by Crippen LogP contribution is 2.42. The van der Waals surface area contributed by atoms with Crippen molar-refractivity contribution in [2.75, 3.05) is 0 Å². The first-order valence-corrected chi connectivity index (χ1v) is 13.9. The van der Waals surface area contributed by atoms with Crippen molar-refractivity contribution in [2.24, 2.45) is 0 Å². The van der Waals surface area contributed by atoms with Gasteiger partial charge in [-0.05, 0) is 53.1 Å². The Morgan fingerprint density at radius 2 is 1.27 bits per heavy atom. The second-order valence-corrected chi connectivity index (χ2v) is 10.5. The van der Waals surface area contributed by atoms with Crippen LogP contribution in [0, 0.1) is 6.92 Å². The Morgan fingerprint density at radius 1 is 0.585 bits per heavy atom. The number of benzene rings is 6. The number of para-hydroxylation sites is 3. The van der Waals surface area contributed by atoms with Crippen molar-refractivity contribution >= 4 is 32.8 Å². The molecule has 0 amide bonds. The lowest BCUT2D eigenvalue weighted by atomic mass is 9.95. The summed E-state index contributed by atoms with van der Waals surface area (Å²) in [5, 5.41) is 3.41. The van der Waals surface area contributed by atoms with Gasteiger partial charge in [0.05, 0.1) is 22.3 Å². The Labute approximate surface area is 238 Å². The van der Waals surface area contributed by atoms with Crippen LogP contribution in [0.3, 0.4) is 0 Å². The van der Waals surface area contributed by atoms with E-state index in [1.165, 1.54) is 16.3 Å². The highest BCUT2D eigenvalue weighted by Gasteiger charge is 2.23. The van der Waals surface area contributed by atoms with Gasteiger partial charge < -0.3 is 4.42 Å². The Morgan fingerprint density at radius 3 is 2.00 bits per heavy atom. The molecule has 0 unspecified atom stereocenters. The molecule has 0 radical (unpaired) electrons. The van der Waals surface area contributed by atoms with Gasteiger partial charge in [-0.15, -0.1) is 0 Å². The summed E-state index contributed by atoms with van der Waals surface area (Å²) in [4.78, 5) is 5.25. The summed E-state index contributed by atoms with van der Waals surface area (Å²) in [6.45, 7) is 2.12. The van der Waals surface area contributed by atoms with E-state index in [-0.39, 0.29) is 0 Å². The first-order chi connectivity index (χ1) is 20.2. The lowest BCUT2D eigenvalue weighted by molar-refractivity contribution is 0.617. The van der Waals surface area contributed by atoms with Crippen LogP contribution in [0.1, 0.15) is 5.56 Å². The molecule has 0 aliphatic rings. The number of fused-ring (bicyclic) bond motifs is 3. The summed E-state index contributed by atoms with van der Waals surface area (Å²) in [6, 6.07) is 47.1. The average Bonchev–Trinajstić information content (AvgIpc) is 3.61. The second kappa shape index (κ2) is 9.35. The molecule has 0 aliphatic carbocycles. The molecule has 2 aromatic heterocycles. The maximum absolute atomic E-state index is 6.21. The third kappa shape index (κ3) is 3.86. The molecule has 3 heteroatoms. The van der Waals surface area contributed by atoms with E-state index in [0.29, 0.717) is 0 Å². The summed E-state index contributed by atoms with van der Waals surface area (Å²) >= 11 is 0. The number of hydrogen-bond donors (Lipinski definition) is 0. The Kier molecular flexibility index (Phi) is 5.36. The van der Waals surface area contributed by atoms with Crippen LogP contribution in [-0.4, -0.2) is 9.55 Å². The zero-order valence-corrected chi connectivity index (χ0v) is 22.6. The monoisotopic (exact) mass is 526 g/mol. The SMILES string of the molecule is Cc1ccc2cc3c(-c4nc5ccccc5n4-c4c(-c5ccccc5)cccc4-c4ccccc4)coc3cc2c1. The molecular weight excluding hydrogens is 500 g/mol. The zero-order valence-electron chi connectivity index (χ0n) is 22.6. The molecule has 0 saturated carbocycles. The molecular formula is C38H26N2O. The van der Waals surface area contributed by atoms with E-state index < -0.39 is 0 Å². The van der Waals surface area contributed by atoms with E-state index in [1.54, 1.807) is 0 Å². The van der Waals surface area contributed by atoms with Gasteiger partial charge in [-0.1, -0.05) is 115 Å². The molecule has 41 heavy (non-hydrogen) atoms. The number of aromatic nitrogens is 2. The molecule has 194 valence electrons. The number of furan rings is 1. The highest BCUT2D eigenvalue weighted by atomic mass is 16.3. The molecule has 8 aromatic rings. The van der Waals surface area contributed by atoms with Crippen molar-refractivity contribution in [3.05, 3.63) is 145 Å². The summed E-state index contributed by atoms with van der Waals surface area (Å²) in [5.41, 5.74) is 10.7. The molecule has 0 atom stereocenters. The predicted octanol–water partition coefficient (Wildman–Crippen LogP) is 10.2. The quantitative estimate of drug-likeness (QED) is 0.228. The van der Waals surface area contributed by atoms with Gasteiger partial charge in [0.25, 0.3) is 0 Å². The molecule has 0 spiro atoms. The summed E-state index contributed by atoms with van der Waals surface area (Å²) in [5.74, 6) is 0.858. The van der Waals surface area contributed by atoms with Crippen molar-refractivity contribution in [1.29, 1.82) is 0 Å². The highest BCUT2D eigenvalue weighted by molar-refractivity contribution is 6.04. The fourth-order valence-electron chi connectivity index (χ4n) is 5.98. The second-order valence-electron chi connectivity index (χ2n) is 10.5. The first kappa shape index (κ1) is 23.5. The van der Waals surface area contributed by atoms with Gasteiger partial charge in [-0.3, -0.25) is 4.57 Å². The standard InChI is InChI=1S/C38H26N2O/c1-25-19-20-28-22-32-33(24-41-36(32)23-29(28)21-25)38-39-34-17-8-9-18-35(34)40(38)37-30(26-11-4-2-5-12-26)15-10-16-31(37)27-13-6-3-7-14-27/h2-24H,1H3. The van der Waals surface area contributed by atoms with Gasteiger partial charge in [-0.2, -0.15) is 0 Å². The molecule has 0 fully saturated rings. The van der Waals surface area contributed by atoms with E-state index in [9.17, 15) is 0 Å². The minimum Gasteiger partial charge on any atom is -0.464 e. The van der Waals surface area contributed by atoms with Crippen molar-refractivity contribution in [2.45, 2.75) is 6.92 Å². The number of imidazole rings is 1. The van der Waals surface area contributed by atoms with Crippen LogP contribution in [0.15, 0.2) is 144 Å². The Balaban J connectivity index is 1.49. The third-order valence-corrected chi connectivity index (χ3v) is 7.92. The third-order valence-electron chi connectivity index (χ3n) is 7.92. The van der Waals surface area contributed by atoms with Crippen LogP contribution in [-0.2, 0) is 0 Å². The predicted molar refractivity (Wildman–Crippen MR) is 169 cm³/mol. The van der Waals surface area contributed by atoms with Crippen LogP contribution < -0.4 is 0 Å². The molecule has 2 heterocycles. The number of aryl methyl sites for hydroxylation is 1. The maximum atomic E-state index is 6.21. The normalized spacial score (nSPS) is 11.5. The molecule has 0 N–H and O–H groups in total. The van der Waals surface area contributed by atoms with Gasteiger partial charge in [-0.25, -0.2) is 4.98 Å². The van der Waals surface area contributed by atoms with Crippen molar-refractivity contribution in [3.8, 4) is 39.3 Å². The van der Waals surface area contributed by atoms with Crippen LogP contribution in [0.5, 0.6) is 0 Å². The topological polar surface area (TPSA) is 31.0 Å². The molecule has 0 saturated heterocycles. The molecule has 3 nitrogen and oxygen atoms in total. The zero-order chi connectivity index (χ0) is 27.3. The molecule has 0 bridgehead atoms.